The summed E-state index contributed by atoms with van der Waals surface area (Å²) in [6.07, 6.45) is 1.55. The Bertz CT molecular complexity index is 1080. The van der Waals surface area contributed by atoms with Crippen molar-refractivity contribution in [3.05, 3.63) is 101 Å². The second-order valence-corrected chi connectivity index (χ2v) is 8.14. The second-order valence-electron chi connectivity index (χ2n) is 8.14. The molecule has 0 aliphatic carbocycles. The number of rotatable bonds is 9. The van der Waals surface area contributed by atoms with Crippen LogP contribution in [0.5, 0.6) is 5.75 Å². The quantitative estimate of drug-likeness (QED) is 0.378. The fourth-order valence-electron chi connectivity index (χ4n) is 3.09. The van der Waals surface area contributed by atoms with Crippen LogP contribution in [0.15, 0.2) is 84.0 Å². The van der Waals surface area contributed by atoms with E-state index in [1.54, 1.807) is 30.5 Å². The number of carbonyl (C=O) groups is 2. The molecule has 2 N–H and O–H groups in total. The zero-order valence-electron chi connectivity index (χ0n) is 19.1. The highest BCUT2D eigenvalue weighted by Crippen LogP contribution is 2.14. The van der Waals surface area contributed by atoms with Gasteiger partial charge >= 0.3 is 0 Å². The molecule has 0 radical (unpaired) electrons. The molecule has 0 saturated heterocycles. The Kier molecular flexibility index (Phi) is 8.36. The van der Waals surface area contributed by atoms with Gasteiger partial charge in [0, 0.05) is 5.56 Å². The molecule has 3 rings (SSSR count). The molecule has 1 unspecified atom stereocenters. The number of benzene rings is 3. The zero-order valence-corrected chi connectivity index (χ0v) is 19.1. The molecule has 0 spiro atoms. The maximum Gasteiger partial charge on any atom is 0.262 e. The third-order valence-electron chi connectivity index (χ3n) is 5.07. The highest BCUT2D eigenvalue weighted by atomic mass is 16.5. The summed E-state index contributed by atoms with van der Waals surface area (Å²) in [4.78, 5) is 25.0. The van der Waals surface area contributed by atoms with Crippen LogP contribution in [0.25, 0.3) is 0 Å². The van der Waals surface area contributed by atoms with Crippen LogP contribution in [0, 0.1) is 12.8 Å². The molecule has 0 saturated carbocycles. The zero-order chi connectivity index (χ0) is 23.6. The van der Waals surface area contributed by atoms with Gasteiger partial charge in [0.15, 0.2) is 0 Å². The van der Waals surface area contributed by atoms with Gasteiger partial charge < -0.3 is 10.1 Å². The highest BCUT2D eigenvalue weighted by Gasteiger charge is 2.24. The Morgan fingerprint density at radius 3 is 2.24 bits per heavy atom. The average molecular weight is 444 g/mol. The van der Waals surface area contributed by atoms with Gasteiger partial charge in [-0.1, -0.05) is 61.9 Å². The Balaban J connectivity index is 1.51. The van der Waals surface area contributed by atoms with Crippen LogP contribution < -0.4 is 15.5 Å². The Morgan fingerprint density at radius 2 is 1.61 bits per heavy atom. The summed E-state index contributed by atoms with van der Waals surface area (Å²) >= 11 is 0. The number of ether oxygens (including phenoxy) is 1. The highest BCUT2D eigenvalue weighted by molar-refractivity contribution is 5.97. The minimum Gasteiger partial charge on any atom is -0.489 e. The Labute approximate surface area is 194 Å². The van der Waals surface area contributed by atoms with Crippen LogP contribution in [0.2, 0.25) is 0 Å². The smallest absolute Gasteiger partial charge is 0.262 e. The Morgan fingerprint density at radius 1 is 0.939 bits per heavy atom. The maximum atomic E-state index is 12.6. The summed E-state index contributed by atoms with van der Waals surface area (Å²) in [5, 5.41) is 6.82. The third kappa shape index (κ3) is 7.31. The summed E-state index contributed by atoms with van der Waals surface area (Å²) in [7, 11) is 0. The number of aryl methyl sites for hydroxylation is 1. The summed E-state index contributed by atoms with van der Waals surface area (Å²) in [5.41, 5.74) is 6.16. The van der Waals surface area contributed by atoms with E-state index in [0.29, 0.717) is 12.2 Å². The number of hydrogen-bond acceptors (Lipinski definition) is 4. The molecule has 1 atom stereocenters. The minimum absolute atomic E-state index is 0.0992. The van der Waals surface area contributed by atoms with Crippen molar-refractivity contribution in [2.75, 3.05) is 0 Å². The van der Waals surface area contributed by atoms with Crippen LogP contribution in [0.3, 0.4) is 0 Å². The average Bonchev–Trinajstić information content (AvgIpc) is 2.83. The predicted octanol–water partition coefficient (Wildman–Crippen LogP) is 4.48. The molecule has 33 heavy (non-hydrogen) atoms. The molecule has 0 aliphatic rings. The monoisotopic (exact) mass is 443 g/mol. The van der Waals surface area contributed by atoms with Crippen molar-refractivity contribution in [2.45, 2.75) is 33.4 Å². The fraction of sp³-hybridized carbons (Fsp3) is 0.222. The predicted molar refractivity (Wildman–Crippen MR) is 130 cm³/mol. The molecule has 0 bridgehead atoms. The molecule has 6 heteroatoms. The van der Waals surface area contributed by atoms with E-state index in [9.17, 15) is 9.59 Å². The van der Waals surface area contributed by atoms with Gasteiger partial charge in [-0.2, -0.15) is 5.10 Å². The summed E-state index contributed by atoms with van der Waals surface area (Å²) < 4.78 is 5.81. The lowest BCUT2D eigenvalue weighted by Gasteiger charge is -2.20. The number of nitrogens with one attached hydrogen (secondary N) is 2. The van der Waals surface area contributed by atoms with Gasteiger partial charge in [0.2, 0.25) is 0 Å². The largest absolute Gasteiger partial charge is 0.489 e. The van der Waals surface area contributed by atoms with Crippen molar-refractivity contribution in [1.29, 1.82) is 0 Å². The van der Waals surface area contributed by atoms with Crippen LogP contribution in [0.4, 0.5) is 0 Å². The molecule has 3 aromatic carbocycles. The first-order chi connectivity index (χ1) is 15.9. The number of nitrogens with zero attached hydrogens (tertiary/aromatic N) is 1. The van der Waals surface area contributed by atoms with Crippen LogP contribution in [-0.2, 0) is 11.4 Å². The lowest BCUT2D eigenvalue weighted by molar-refractivity contribution is -0.123. The number of amides is 2. The van der Waals surface area contributed by atoms with Gasteiger partial charge in [-0.15, -0.1) is 0 Å². The maximum absolute atomic E-state index is 12.6. The van der Waals surface area contributed by atoms with E-state index in [-0.39, 0.29) is 17.7 Å². The van der Waals surface area contributed by atoms with Crippen LogP contribution in [-0.4, -0.2) is 24.1 Å². The van der Waals surface area contributed by atoms with E-state index in [4.69, 9.17) is 4.74 Å². The van der Waals surface area contributed by atoms with Crippen molar-refractivity contribution in [1.82, 2.24) is 10.7 Å². The van der Waals surface area contributed by atoms with E-state index >= 15 is 0 Å². The molecule has 2 amide bonds. The number of hydrazone groups is 1. The minimum atomic E-state index is -0.701. The summed E-state index contributed by atoms with van der Waals surface area (Å²) in [5.74, 6) is -0.0173. The van der Waals surface area contributed by atoms with Crippen molar-refractivity contribution in [2.24, 2.45) is 11.0 Å². The van der Waals surface area contributed by atoms with Crippen molar-refractivity contribution in [3.8, 4) is 5.75 Å². The lowest BCUT2D eigenvalue weighted by Crippen LogP contribution is -2.48. The first-order valence-corrected chi connectivity index (χ1v) is 10.9. The van der Waals surface area contributed by atoms with Gasteiger partial charge in [-0.05, 0) is 60.4 Å². The van der Waals surface area contributed by atoms with Gasteiger partial charge in [0.05, 0.1) is 6.21 Å². The van der Waals surface area contributed by atoms with Gasteiger partial charge in [-0.25, -0.2) is 5.43 Å². The molecule has 0 aromatic heterocycles. The van der Waals surface area contributed by atoms with Crippen LogP contribution in [0.1, 0.15) is 40.9 Å². The first kappa shape index (κ1) is 23.7. The molecule has 0 aliphatic heterocycles. The van der Waals surface area contributed by atoms with E-state index < -0.39 is 6.04 Å². The van der Waals surface area contributed by atoms with E-state index in [1.165, 1.54) is 5.56 Å². The molecular formula is C27H29N3O3. The molecule has 0 heterocycles. The SMILES string of the molecule is Cc1ccc(COc2ccc(C=NNC(=O)C(NC(=O)c3ccccc3)C(C)C)cc2)cc1. The molecule has 170 valence electrons. The second kappa shape index (κ2) is 11.6. The van der Waals surface area contributed by atoms with Crippen molar-refractivity contribution < 1.29 is 14.3 Å². The van der Waals surface area contributed by atoms with E-state index in [1.807, 2.05) is 56.3 Å². The topological polar surface area (TPSA) is 79.8 Å². The Hall–Kier alpha value is -3.93. The normalized spacial score (nSPS) is 11.9. The molecule has 0 fully saturated rings. The van der Waals surface area contributed by atoms with Crippen molar-refractivity contribution >= 4 is 18.0 Å². The van der Waals surface area contributed by atoms with Gasteiger partial charge in [0.25, 0.3) is 11.8 Å². The molecular weight excluding hydrogens is 414 g/mol. The summed E-state index contributed by atoms with van der Waals surface area (Å²) in [6.45, 7) is 6.29. The molecule has 6 nitrogen and oxygen atoms in total. The van der Waals surface area contributed by atoms with E-state index in [2.05, 4.69) is 34.9 Å². The standard InChI is InChI=1S/C27H29N3O3/c1-19(2)25(29-26(31)23-7-5-4-6-8-23)27(32)30-28-17-21-13-15-24(16-14-21)33-18-22-11-9-20(3)10-12-22/h4-17,19,25H,18H2,1-3H3,(H,29,31)(H,30,32). The number of hydrogen-bond donors (Lipinski definition) is 2. The summed E-state index contributed by atoms with van der Waals surface area (Å²) in [6, 6.07) is 23.7. The van der Waals surface area contributed by atoms with Crippen molar-refractivity contribution in [3.63, 3.8) is 0 Å². The fourth-order valence-corrected chi connectivity index (χ4v) is 3.09. The number of carbonyl (C=O) groups excluding carboxylic acids is 2. The van der Waals surface area contributed by atoms with Gasteiger partial charge in [-0.3, -0.25) is 9.59 Å². The lowest BCUT2D eigenvalue weighted by atomic mass is 10.0. The van der Waals surface area contributed by atoms with Gasteiger partial charge in [0.1, 0.15) is 18.4 Å². The van der Waals surface area contributed by atoms with Crippen LogP contribution >= 0.6 is 0 Å². The van der Waals surface area contributed by atoms with E-state index in [0.717, 1.165) is 16.9 Å². The third-order valence-corrected chi connectivity index (χ3v) is 5.07. The molecule has 3 aromatic rings. The first-order valence-electron chi connectivity index (χ1n) is 10.9.